The number of halogens is 4. The maximum absolute atomic E-state index is 13.0. The summed E-state index contributed by atoms with van der Waals surface area (Å²) in [6, 6.07) is 10.8. The quantitative estimate of drug-likeness (QED) is 0.630. The van der Waals surface area contributed by atoms with Crippen LogP contribution in [0.5, 0.6) is 5.75 Å². The number of ether oxygens (including phenoxy) is 1. The zero-order valence-electron chi connectivity index (χ0n) is 16.7. The largest absolute Gasteiger partial charge is 0.491 e. The lowest BCUT2D eigenvalue weighted by molar-refractivity contribution is -0.137. The van der Waals surface area contributed by atoms with E-state index in [1.807, 2.05) is 38.1 Å². The van der Waals surface area contributed by atoms with Crippen LogP contribution in [0.4, 0.5) is 13.2 Å². The summed E-state index contributed by atoms with van der Waals surface area (Å²) in [5.74, 6) is 0.824. The van der Waals surface area contributed by atoms with Crippen LogP contribution in [0.2, 0.25) is 5.02 Å². The van der Waals surface area contributed by atoms with Gasteiger partial charge in [-0.1, -0.05) is 23.7 Å². The number of likely N-dealkylation sites (tertiary alicyclic amines) is 1. The van der Waals surface area contributed by atoms with E-state index >= 15 is 0 Å². The summed E-state index contributed by atoms with van der Waals surface area (Å²) in [7, 11) is -1.78. The van der Waals surface area contributed by atoms with E-state index < -0.39 is 22.7 Å². The van der Waals surface area contributed by atoms with Crippen molar-refractivity contribution in [1.82, 2.24) is 9.62 Å². The van der Waals surface area contributed by atoms with Gasteiger partial charge in [0.1, 0.15) is 16.7 Å². The zero-order valence-corrected chi connectivity index (χ0v) is 18.3. The summed E-state index contributed by atoms with van der Waals surface area (Å²) >= 11 is 5.79. The van der Waals surface area contributed by atoms with Crippen LogP contribution in [-0.4, -0.2) is 34.3 Å². The van der Waals surface area contributed by atoms with Crippen molar-refractivity contribution >= 4 is 22.6 Å². The summed E-state index contributed by atoms with van der Waals surface area (Å²) in [6.45, 7) is 6.15. The summed E-state index contributed by atoms with van der Waals surface area (Å²) in [4.78, 5) is 2.24. The van der Waals surface area contributed by atoms with Gasteiger partial charge < -0.3 is 4.74 Å². The van der Waals surface area contributed by atoms with Gasteiger partial charge >= 0.3 is 6.18 Å². The maximum Gasteiger partial charge on any atom is 0.416 e. The zero-order chi connectivity index (χ0) is 21.9. The lowest BCUT2D eigenvalue weighted by Gasteiger charge is -2.17. The van der Waals surface area contributed by atoms with Crippen molar-refractivity contribution in [2.45, 2.75) is 50.0 Å². The fourth-order valence-corrected chi connectivity index (χ4v) is 4.73. The van der Waals surface area contributed by atoms with Gasteiger partial charge in [0.25, 0.3) is 0 Å². The molecule has 1 fully saturated rings. The van der Waals surface area contributed by atoms with Crippen LogP contribution in [-0.2, 0) is 23.7 Å². The summed E-state index contributed by atoms with van der Waals surface area (Å²) < 4.78 is 60.0. The van der Waals surface area contributed by atoms with Gasteiger partial charge in [0.2, 0.25) is 0 Å². The predicted molar refractivity (Wildman–Crippen MR) is 112 cm³/mol. The smallest absolute Gasteiger partial charge is 0.416 e. The number of hydrogen-bond acceptors (Lipinski definition) is 3. The molecular formula is C21H24ClF3N2O2S. The van der Waals surface area contributed by atoms with Gasteiger partial charge in [0.15, 0.2) is 0 Å². The number of alkyl halides is 3. The number of benzene rings is 2. The SMILES string of the molecule is CC(C)Oc1ccc(CN2CC[C@@H](NS(=O)c3cc(Cl)cc(C(F)(F)F)c3)C2)cc1. The highest BCUT2D eigenvalue weighted by Gasteiger charge is 2.32. The molecule has 164 valence electrons. The molecule has 2 aromatic rings. The van der Waals surface area contributed by atoms with E-state index in [-0.39, 0.29) is 22.1 Å². The third-order valence-electron chi connectivity index (χ3n) is 4.66. The number of nitrogens with one attached hydrogen (secondary N) is 1. The molecule has 2 atom stereocenters. The monoisotopic (exact) mass is 460 g/mol. The molecule has 2 aromatic carbocycles. The average molecular weight is 461 g/mol. The van der Waals surface area contributed by atoms with Gasteiger partial charge in [0.05, 0.1) is 16.6 Å². The van der Waals surface area contributed by atoms with Gasteiger partial charge in [-0.3, -0.25) is 4.90 Å². The first kappa shape index (κ1) is 23.1. The fourth-order valence-electron chi connectivity index (χ4n) is 3.33. The highest BCUT2D eigenvalue weighted by atomic mass is 35.5. The highest BCUT2D eigenvalue weighted by Crippen LogP contribution is 2.32. The minimum atomic E-state index is -4.54. The predicted octanol–water partition coefficient (Wildman–Crippen LogP) is 5.03. The van der Waals surface area contributed by atoms with Crippen LogP contribution in [0.3, 0.4) is 0 Å². The Morgan fingerprint density at radius 1 is 1.23 bits per heavy atom. The normalized spacial score (nSPS) is 18.7. The van der Waals surface area contributed by atoms with Gasteiger partial charge in [-0.15, -0.1) is 0 Å². The van der Waals surface area contributed by atoms with E-state index in [0.717, 1.165) is 43.0 Å². The lowest BCUT2D eigenvalue weighted by Crippen LogP contribution is -2.33. The number of hydrogen-bond donors (Lipinski definition) is 1. The minimum absolute atomic E-state index is 0.0222. The molecule has 3 rings (SSSR count). The van der Waals surface area contributed by atoms with Crippen molar-refractivity contribution < 1.29 is 22.1 Å². The molecule has 1 unspecified atom stereocenters. The van der Waals surface area contributed by atoms with Crippen molar-refractivity contribution in [2.75, 3.05) is 13.1 Å². The van der Waals surface area contributed by atoms with Crippen LogP contribution >= 0.6 is 11.6 Å². The Balaban J connectivity index is 1.56. The Bertz CT molecular complexity index is 891. The van der Waals surface area contributed by atoms with Crippen molar-refractivity contribution in [1.29, 1.82) is 0 Å². The molecule has 0 amide bonds. The maximum atomic E-state index is 13.0. The van der Waals surface area contributed by atoms with E-state index in [2.05, 4.69) is 9.62 Å². The Morgan fingerprint density at radius 2 is 1.93 bits per heavy atom. The topological polar surface area (TPSA) is 41.6 Å². The van der Waals surface area contributed by atoms with Gasteiger partial charge in [-0.05, 0) is 56.2 Å². The van der Waals surface area contributed by atoms with Gasteiger partial charge in [0, 0.05) is 30.7 Å². The van der Waals surface area contributed by atoms with Crippen molar-refractivity contribution in [3.8, 4) is 5.75 Å². The van der Waals surface area contributed by atoms with E-state index in [0.29, 0.717) is 6.54 Å². The van der Waals surface area contributed by atoms with Gasteiger partial charge in [-0.25, -0.2) is 8.93 Å². The molecule has 30 heavy (non-hydrogen) atoms. The Labute approximate surface area is 181 Å². The molecule has 0 saturated carbocycles. The third kappa shape index (κ3) is 6.44. The van der Waals surface area contributed by atoms with Gasteiger partial charge in [-0.2, -0.15) is 13.2 Å². The fraction of sp³-hybridized carbons (Fsp3) is 0.429. The lowest BCUT2D eigenvalue weighted by atomic mass is 10.2. The van der Waals surface area contributed by atoms with E-state index in [1.54, 1.807) is 0 Å². The molecule has 0 aliphatic carbocycles. The van der Waals surface area contributed by atoms with Crippen molar-refractivity contribution in [3.63, 3.8) is 0 Å². The first-order chi connectivity index (χ1) is 14.1. The molecule has 0 aromatic heterocycles. The van der Waals surface area contributed by atoms with E-state index in [9.17, 15) is 17.4 Å². The van der Waals surface area contributed by atoms with Crippen molar-refractivity contribution in [2.24, 2.45) is 0 Å². The summed E-state index contributed by atoms with van der Waals surface area (Å²) in [5.41, 5.74) is 0.232. The standard InChI is InChI=1S/C21H24ClF3N2O2S/c1-14(2)29-19-5-3-15(4-6-19)12-27-8-7-18(13-27)26-30(28)20-10-16(21(23,24)25)9-17(22)11-20/h3-6,9-11,14,18,26H,7-8,12-13H2,1-2H3/t18-,30?/m1/s1. The summed E-state index contributed by atoms with van der Waals surface area (Å²) in [6.07, 6.45) is -3.66. The van der Waals surface area contributed by atoms with Crippen LogP contribution in [0, 0.1) is 0 Å². The molecular weight excluding hydrogens is 437 g/mol. The molecule has 0 spiro atoms. The molecule has 0 bridgehead atoms. The van der Waals surface area contributed by atoms with E-state index in [1.165, 1.54) is 6.07 Å². The minimum Gasteiger partial charge on any atom is -0.491 e. The van der Waals surface area contributed by atoms with Crippen LogP contribution in [0.25, 0.3) is 0 Å². The molecule has 1 saturated heterocycles. The Hall–Kier alpha value is -1.61. The van der Waals surface area contributed by atoms with E-state index in [4.69, 9.17) is 16.3 Å². The van der Waals surface area contributed by atoms with Crippen LogP contribution in [0.1, 0.15) is 31.4 Å². The number of rotatable bonds is 7. The van der Waals surface area contributed by atoms with Crippen LogP contribution in [0.15, 0.2) is 47.4 Å². The first-order valence-electron chi connectivity index (χ1n) is 9.64. The Morgan fingerprint density at radius 3 is 2.57 bits per heavy atom. The second-order valence-electron chi connectivity index (χ2n) is 7.59. The molecule has 4 nitrogen and oxygen atoms in total. The first-order valence-corrected chi connectivity index (χ1v) is 11.2. The molecule has 1 N–H and O–H groups in total. The second kappa shape index (κ2) is 9.68. The molecule has 9 heteroatoms. The third-order valence-corrected chi connectivity index (χ3v) is 6.09. The summed E-state index contributed by atoms with van der Waals surface area (Å²) in [5, 5.41) is -0.0899. The van der Waals surface area contributed by atoms with Crippen molar-refractivity contribution in [3.05, 3.63) is 58.6 Å². The second-order valence-corrected chi connectivity index (χ2v) is 9.27. The number of nitrogens with zero attached hydrogens (tertiary/aromatic N) is 1. The van der Waals surface area contributed by atoms with Crippen LogP contribution < -0.4 is 9.46 Å². The molecule has 1 heterocycles. The Kier molecular flexibility index (Phi) is 7.44. The molecule has 0 radical (unpaired) electrons. The molecule has 1 aliphatic heterocycles. The highest BCUT2D eigenvalue weighted by molar-refractivity contribution is 7.83. The average Bonchev–Trinajstić information content (AvgIpc) is 3.08. The molecule has 1 aliphatic rings.